The molecule has 0 radical (unpaired) electrons. The summed E-state index contributed by atoms with van der Waals surface area (Å²) in [5, 5.41) is 2.88. The number of amides is 1. The lowest BCUT2D eigenvalue weighted by molar-refractivity contribution is 0.0945. The molecule has 102 valence electrons. The number of carbonyl (C=O) groups is 1. The van der Waals surface area contributed by atoms with Gasteiger partial charge in [0.2, 0.25) is 0 Å². The number of nitrogens with one attached hydrogen (secondary N) is 1. The summed E-state index contributed by atoms with van der Waals surface area (Å²) in [7, 11) is 0. The molecule has 4 heteroatoms. The molecular weight excluding hydrogens is 248 g/mol. The maximum absolute atomic E-state index is 12.1. The predicted molar refractivity (Wildman–Crippen MR) is 78.5 cm³/mol. The fourth-order valence-corrected chi connectivity index (χ4v) is 1.93. The van der Waals surface area contributed by atoms with Crippen LogP contribution in [-0.2, 0) is 0 Å². The summed E-state index contributed by atoms with van der Waals surface area (Å²) in [5.41, 5.74) is 9.42. The van der Waals surface area contributed by atoms with Gasteiger partial charge in [0, 0.05) is 17.6 Å². The molecule has 0 fully saturated rings. The van der Waals surface area contributed by atoms with Crippen LogP contribution >= 0.6 is 12.4 Å². The molecule has 1 aromatic rings. The summed E-state index contributed by atoms with van der Waals surface area (Å²) in [6.45, 7) is 10.2. The summed E-state index contributed by atoms with van der Waals surface area (Å²) < 4.78 is 0. The van der Waals surface area contributed by atoms with Gasteiger partial charge in [0.1, 0.15) is 0 Å². The zero-order valence-electron chi connectivity index (χ0n) is 11.8. The fraction of sp³-hybridized carbons (Fsp3) is 0.500. The number of hydrogen-bond donors (Lipinski definition) is 2. The van der Waals surface area contributed by atoms with E-state index in [9.17, 15) is 4.79 Å². The summed E-state index contributed by atoms with van der Waals surface area (Å²) in [6.07, 6.45) is 0. The van der Waals surface area contributed by atoms with Gasteiger partial charge in [-0.15, -0.1) is 12.4 Å². The molecule has 0 heterocycles. The molecule has 0 saturated heterocycles. The Hall–Kier alpha value is -1.06. The Labute approximate surface area is 116 Å². The zero-order chi connectivity index (χ0) is 13.2. The van der Waals surface area contributed by atoms with Crippen LogP contribution in [0.15, 0.2) is 12.1 Å². The highest BCUT2D eigenvalue weighted by atomic mass is 35.5. The van der Waals surface area contributed by atoms with E-state index >= 15 is 0 Å². The van der Waals surface area contributed by atoms with Crippen molar-refractivity contribution in [2.24, 2.45) is 5.73 Å². The minimum Gasteiger partial charge on any atom is -0.350 e. The van der Waals surface area contributed by atoms with Crippen LogP contribution in [0.25, 0.3) is 0 Å². The average Bonchev–Trinajstić information content (AvgIpc) is 2.11. The molecule has 0 bridgehead atoms. The maximum Gasteiger partial charge on any atom is 0.251 e. The fourth-order valence-electron chi connectivity index (χ4n) is 1.93. The van der Waals surface area contributed by atoms with Gasteiger partial charge >= 0.3 is 0 Å². The molecule has 3 N–H and O–H groups in total. The standard InChI is InChI=1S/C14H22N2O.ClH/c1-9-6-10(2)12(11(3)7-9)13(17)16-8-14(4,5)15;/h6-7H,8,15H2,1-5H3,(H,16,17);1H. The van der Waals surface area contributed by atoms with Crippen LogP contribution in [0, 0.1) is 20.8 Å². The smallest absolute Gasteiger partial charge is 0.251 e. The van der Waals surface area contributed by atoms with E-state index in [0.717, 1.165) is 16.7 Å². The predicted octanol–water partition coefficient (Wildman–Crippen LogP) is 2.50. The van der Waals surface area contributed by atoms with Gasteiger partial charge in [0.25, 0.3) is 5.91 Å². The molecule has 0 atom stereocenters. The molecule has 3 nitrogen and oxygen atoms in total. The van der Waals surface area contributed by atoms with Crippen molar-refractivity contribution < 1.29 is 4.79 Å². The molecule has 0 aliphatic carbocycles. The maximum atomic E-state index is 12.1. The Morgan fingerprint density at radius 1 is 1.22 bits per heavy atom. The van der Waals surface area contributed by atoms with Crippen LogP contribution in [0.5, 0.6) is 0 Å². The van der Waals surface area contributed by atoms with Crippen molar-refractivity contribution in [2.45, 2.75) is 40.2 Å². The first-order valence-electron chi connectivity index (χ1n) is 5.85. The number of benzene rings is 1. The van der Waals surface area contributed by atoms with E-state index in [-0.39, 0.29) is 23.9 Å². The van der Waals surface area contributed by atoms with Gasteiger partial charge in [-0.25, -0.2) is 0 Å². The van der Waals surface area contributed by atoms with Crippen LogP contribution < -0.4 is 11.1 Å². The minimum atomic E-state index is -0.387. The second-order valence-corrected chi connectivity index (χ2v) is 5.44. The van der Waals surface area contributed by atoms with Gasteiger partial charge in [-0.2, -0.15) is 0 Å². The van der Waals surface area contributed by atoms with Crippen LogP contribution in [0.1, 0.15) is 40.9 Å². The van der Waals surface area contributed by atoms with Gasteiger partial charge < -0.3 is 11.1 Å². The third-order valence-electron chi connectivity index (χ3n) is 2.61. The van der Waals surface area contributed by atoms with Gasteiger partial charge in [0.05, 0.1) is 0 Å². The third kappa shape index (κ3) is 4.67. The highest BCUT2D eigenvalue weighted by molar-refractivity contribution is 5.97. The number of nitrogens with two attached hydrogens (primary N) is 1. The number of carbonyl (C=O) groups excluding carboxylic acids is 1. The molecule has 18 heavy (non-hydrogen) atoms. The van der Waals surface area contributed by atoms with Gasteiger partial charge in [0.15, 0.2) is 0 Å². The Kier molecular flexibility index (Phi) is 5.84. The van der Waals surface area contributed by atoms with Crippen molar-refractivity contribution in [2.75, 3.05) is 6.54 Å². The van der Waals surface area contributed by atoms with Crippen molar-refractivity contribution in [3.63, 3.8) is 0 Å². The summed E-state index contributed by atoms with van der Waals surface area (Å²) in [6, 6.07) is 4.05. The van der Waals surface area contributed by atoms with E-state index < -0.39 is 0 Å². The molecule has 0 aliphatic heterocycles. The number of halogens is 1. The molecule has 0 unspecified atom stereocenters. The topological polar surface area (TPSA) is 55.1 Å². The Morgan fingerprint density at radius 3 is 2.06 bits per heavy atom. The third-order valence-corrected chi connectivity index (χ3v) is 2.61. The molecule has 0 spiro atoms. The van der Waals surface area contributed by atoms with Gasteiger partial charge in [-0.1, -0.05) is 17.7 Å². The zero-order valence-corrected chi connectivity index (χ0v) is 12.6. The Morgan fingerprint density at radius 2 is 1.67 bits per heavy atom. The highest BCUT2D eigenvalue weighted by Crippen LogP contribution is 2.16. The second kappa shape index (κ2) is 6.21. The summed E-state index contributed by atoms with van der Waals surface area (Å²) in [5.74, 6) is -0.0430. The molecule has 0 aromatic heterocycles. The van der Waals surface area contributed by atoms with Crippen LogP contribution in [0.4, 0.5) is 0 Å². The van der Waals surface area contributed by atoms with Crippen molar-refractivity contribution in [1.29, 1.82) is 0 Å². The van der Waals surface area contributed by atoms with Crippen molar-refractivity contribution in [3.05, 3.63) is 34.4 Å². The lowest BCUT2D eigenvalue weighted by Crippen LogP contribution is -2.45. The summed E-state index contributed by atoms with van der Waals surface area (Å²) >= 11 is 0. The largest absolute Gasteiger partial charge is 0.350 e. The lowest BCUT2D eigenvalue weighted by Gasteiger charge is -2.20. The highest BCUT2D eigenvalue weighted by Gasteiger charge is 2.16. The Bertz CT molecular complexity index is 413. The van der Waals surface area contributed by atoms with E-state index in [0.29, 0.717) is 6.54 Å². The van der Waals surface area contributed by atoms with Crippen molar-refractivity contribution in [3.8, 4) is 0 Å². The minimum absolute atomic E-state index is 0. The van der Waals surface area contributed by atoms with E-state index in [1.807, 2.05) is 46.8 Å². The Balaban J connectivity index is 0.00000289. The summed E-state index contributed by atoms with van der Waals surface area (Å²) in [4.78, 5) is 12.1. The van der Waals surface area contributed by atoms with Crippen LogP contribution in [0.2, 0.25) is 0 Å². The molecule has 0 saturated carbocycles. The van der Waals surface area contributed by atoms with E-state index in [2.05, 4.69) is 5.32 Å². The number of hydrogen-bond acceptors (Lipinski definition) is 2. The SMILES string of the molecule is Cc1cc(C)c(C(=O)NCC(C)(C)N)c(C)c1.Cl. The van der Waals surface area contributed by atoms with Crippen LogP contribution in [-0.4, -0.2) is 18.0 Å². The van der Waals surface area contributed by atoms with Gasteiger partial charge in [-0.05, 0) is 45.7 Å². The normalized spacial score (nSPS) is 10.8. The second-order valence-electron chi connectivity index (χ2n) is 5.44. The first-order valence-corrected chi connectivity index (χ1v) is 5.85. The molecule has 1 aromatic carbocycles. The number of aryl methyl sites for hydroxylation is 3. The van der Waals surface area contributed by atoms with Gasteiger partial charge in [-0.3, -0.25) is 4.79 Å². The van der Waals surface area contributed by atoms with E-state index in [4.69, 9.17) is 5.73 Å². The molecule has 1 amide bonds. The first kappa shape index (κ1) is 16.9. The van der Waals surface area contributed by atoms with E-state index in [1.165, 1.54) is 5.56 Å². The van der Waals surface area contributed by atoms with Crippen LogP contribution in [0.3, 0.4) is 0 Å². The molecular formula is C14H23ClN2O. The molecule has 1 rings (SSSR count). The average molecular weight is 271 g/mol. The van der Waals surface area contributed by atoms with Crippen molar-refractivity contribution in [1.82, 2.24) is 5.32 Å². The monoisotopic (exact) mass is 270 g/mol. The first-order chi connectivity index (χ1) is 7.70. The number of rotatable bonds is 3. The quantitative estimate of drug-likeness (QED) is 0.887. The van der Waals surface area contributed by atoms with E-state index in [1.54, 1.807) is 0 Å². The van der Waals surface area contributed by atoms with Crippen molar-refractivity contribution >= 4 is 18.3 Å². The molecule has 0 aliphatic rings. The lowest BCUT2D eigenvalue weighted by atomic mass is 9.99.